The second-order valence-corrected chi connectivity index (χ2v) is 6.25. The molecule has 0 aliphatic carbocycles. The molecule has 1 saturated heterocycles. The van der Waals surface area contributed by atoms with E-state index in [1.165, 1.54) is 0 Å². The number of para-hydroxylation sites is 1. The fourth-order valence-electron chi connectivity index (χ4n) is 2.89. The zero-order valence-electron chi connectivity index (χ0n) is 13.8. The topological polar surface area (TPSA) is 49.4 Å². The summed E-state index contributed by atoms with van der Waals surface area (Å²) in [6, 6.07) is 5.98. The number of carbonyl (C=O) groups is 2. The van der Waals surface area contributed by atoms with Crippen LogP contribution in [-0.2, 0) is 16.0 Å². The average molecular weight is 302 g/mol. The van der Waals surface area contributed by atoms with Crippen molar-refractivity contribution in [3.8, 4) is 0 Å². The Kier molecular flexibility index (Phi) is 5.58. The summed E-state index contributed by atoms with van der Waals surface area (Å²) in [4.78, 5) is 26.2. The molecule has 4 heteroatoms. The number of anilines is 1. The van der Waals surface area contributed by atoms with E-state index in [9.17, 15) is 9.59 Å². The number of nitrogens with zero attached hydrogens (tertiary/aromatic N) is 1. The van der Waals surface area contributed by atoms with Gasteiger partial charge in [0, 0.05) is 18.8 Å². The highest BCUT2D eigenvalue weighted by atomic mass is 16.2. The normalized spacial score (nSPS) is 15.7. The van der Waals surface area contributed by atoms with Gasteiger partial charge in [0.05, 0.1) is 0 Å². The Hall–Kier alpha value is -1.84. The van der Waals surface area contributed by atoms with Crippen LogP contribution in [0.15, 0.2) is 18.2 Å². The second kappa shape index (κ2) is 7.43. The monoisotopic (exact) mass is 302 g/mol. The van der Waals surface area contributed by atoms with Crippen molar-refractivity contribution in [1.29, 1.82) is 0 Å². The van der Waals surface area contributed by atoms with Crippen LogP contribution in [0, 0.1) is 12.8 Å². The van der Waals surface area contributed by atoms with Gasteiger partial charge in [-0.25, -0.2) is 0 Å². The molecule has 0 radical (unpaired) electrons. The number of rotatable bonds is 4. The van der Waals surface area contributed by atoms with Gasteiger partial charge in [-0.05, 0) is 43.2 Å². The zero-order chi connectivity index (χ0) is 16.1. The van der Waals surface area contributed by atoms with E-state index in [1.54, 1.807) is 0 Å². The van der Waals surface area contributed by atoms with Crippen molar-refractivity contribution in [2.45, 2.75) is 46.5 Å². The summed E-state index contributed by atoms with van der Waals surface area (Å²) < 4.78 is 0. The molecule has 4 nitrogen and oxygen atoms in total. The Labute approximate surface area is 132 Å². The number of hydrogen-bond donors (Lipinski definition) is 1. The lowest BCUT2D eigenvalue weighted by Gasteiger charge is -2.30. The lowest BCUT2D eigenvalue weighted by Crippen LogP contribution is -2.39. The summed E-state index contributed by atoms with van der Waals surface area (Å²) in [7, 11) is 0. The van der Waals surface area contributed by atoms with Gasteiger partial charge < -0.3 is 10.2 Å². The van der Waals surface area contributed by atoms with Crippen molar-refractivity contribution in [3.05, 3.63) is 29.3 Å². The number of likely N-dealkylation sites (tertiary alicyclic amines) is 1. The third kappa shape index (κ3) is 4.09. The Morgan fingerprint density at radius 2 is 1.95 bits per heavy atom. The third-order valence-electron chi connectivity index (χ3n) is 4.45. The maximum Gasteiger partial charge on any atom is 0.233 e. The van der Waals surface area contributed by atoms with Crippen molar-refractivity contribution in [2.24, 2.45) is 5.92 Å². The summed E-state index contributed by atoms with van der Waals surface area (Å²) in [5.41, 5.74) is 3.00. The minimum absolute atomic E-state index is 0.0592. The van der Waals surface area contributed by atoms with Gasteiger partial charge in [-0.1, -0.05) is 32.0 Å². The highest BCUT2D eigenvalue weighted by Crippen LogP contribution is 2.21. The molecular weight excluding hydrogens is 276 g/mol. The van der Waals surface area contributed by atoms with E-state index in [0.29, 0.717) is 5.92 Å². The predicted octanol–water partition coefficient (Wildman–Crippen LogP) is 3.14. The quantitative estimate of drug-likeness (QED) is 0.869. The van der Waals surface area contributed by atoms with Crippen molar-refractivity contribution in [3.63, 3.8) is 0 Å². The van der Waals surface area contributed by atoms with Crippen LogP contribution < -0.4 is 5.32 Å². The van der Waals surface area contributed by atoms with Gasteiger partial charge in [-0.3, -0.25) is 9.59 Å². The SMILES string of the molecule is CCc1cccc(C)c1NC(=O)CC(=O)N1CCC(C)CC1. The second-order valence-electron chi connectivity index (χ2n) is 6.25. The van der Waals surface area contributed by atoms with Gasteiger partial charge in [0.2, 0.25) is 11.8 Å². The first-order chi connectivity index (χ1) is 10.5. The van der Waals surface area contributed by atoms with E-state index in [4.69, 9.17) is 0 Å². The fourth-order valence-corrected chi connectivity index (χ4v) is 2.89. The van der Waals surface area contributed by atoms with E-state index in [0.717, 1.165) is 49.2 Å². The molecule has 1 aromatic carbocycles. The molecule has 120 valence electrons. The highest BCUT2D eigenvalue weighted by molar-refractivity contribution is 6.04. The van der Waals surface area contributed by atoms with Crippen LogP contribution >= 0.6 is 0 Å². The van der Waals surface area contributed by atoms with Crippen molar-refractivity contribution in [2.75, 3.05) is 18.4 Å². The lowest BCUT2D eigenvalue weighted by atomic mass is 9.99. The number of benzene rings is 1. The molecule has 0 unspecified atom stereocenters. The van der Waals surface area contributed by atoms with Crippen LogP contribution in [0.25, 0.3) is 0 Å². The number of nitrogens with one attached hydrogen (secondary N) is 1. The standard InChI is InChI=1S/C18H26N2O2/c1-4-15-7-5-6-14(3)18(15)19-16(21)12-17(22)20-10-8-13(2)9-11-20/h5-7,13H,4,8-12H2,1-3H3,(H,19,21). The van der Waals surface area contributed by atoms with E-state index >= 15 is 0 Å². The Morgan fingerprint density at radius 3 is 2.59 bits per heavy atom. The van der Waals surface area contributed by atoms with Gasteiger partial charge >= 0.3 is 0 Å². The summed E-state index contributed by atoms with van der Waals surface area (Å²) >= 11 is 0. The highest BCUT2D eigenvalue weighted by Gasteiger charge is 2.22. The van der Waals surface area contributed by atoms with Gasteiger partial charge in [0.15, 0.2) is 0 Å². The summed E-state index contributed by atoms with van der Waals surface area (Å²) in [5, 5.41) is 2.92. The lowest BCUT2D eigenvalue weighted by molar-refractivity contribution is -0.135. The maximum atomic E-state index is 12.2. The minimum atomic E-state index is -0.215. The Balaban J connectivity index is 1.94. The third-order valence-corrected chi connectivity index (χ3v) is 4.45. The molecule has 0 atom stereocenters. The maximum absolute atomic E-state index is 12.2. The number of piperidine rings is 1. The molecule has 0 spiro atoms. The largest absolute Gasteiger partial charge is 0.342 e. The molecule has 1 N–H and O–H groups in total. The number of hydrogen-bond acceptors (Lipinski definition) is 2. The van der Waals surface area contributed by atoms with E-state index < -0.39 is 0 Å². The molecule has 1 heterocycles. The smallest absolute Gasteiger partial charge is 0.233 e. The number of aryl methyl sites for hydroxylation is 2. The van der Waals surface area contributed by atoms with Gasteiger partial charge in [0.25, 0.3) is 0 Å². The first kappa shape index (κ1) is 16.5. The van der Waals surface area contributed by atoms with E-state index in [-0.39, 0.29) is 18.2 Å². The van der Waals surface area contributed by atoms with Crippen LogP contribution in [0.3, 0.4) is 0 Å². The van der Waals surface area contributed by atoms with Crippen molar-refractivity contribution in [1.82, 2.24) is 4.90 Å². The van der Waals surface area contributed by atoms with Crippen molar-refractivity contribution < 1.29 is 9.59 Å². The van der Waals surface area contributed by atoms with Gasteiger partial charge in [0.1, 0.15) is 6.42 Å². The zero-order valence-corrected chi connectivity index (χ0v) is 13.8. The Bertz CT molecular complexity index is 546. The van der Waals surface area contributed by atoms with Crippen LogP contribution in [0.4, 0.5) is 5.69 Å². The molecule has 1 aromatic rings. The molecule has 0 bridgehead atoms. The fraction of sp³-hybridized carbons (Fsp3) is 0.556. The molecule has 0 aromatic heterocycles. The van der Waals surface area contributed by atoms with Crippen LogP contribution in [0.5, 0.6) is 0 Å². The molecule has 1 aliphatic heterocycles. The molecule has 2 rings (SSSR count). The van der Waals surface area contributed by atoms with Crippen LogP contribution in [0.1, 0.15) is 44.2 Å². The summed E-state index contributed by atoms with van der Waals surface area (Å²) in [6.07, 6.45) is 2.86. The van der Waals surface area contributed by atoms with E-state index in [1.807, 2.05) is 30.0 Å². The van der Waals surface area contributed by atoms with Gasteiger partial charge in [-0.15, -0.1) is 0 Å². The minimum Gasteiger partial charge on any atom is -0.342 e. The predicted molar refractivity (Wildman–Crippen MR) is 88.8 cm³/mol. The molecule has 22 heavy (non-hydrogen) atoms. The number of carbonyl (C=O) groups excluding carboxylic acids is 2. The van der Waals surface area contributed by atoms with Crippen LogP contribution in [-0.4, -0.2) is 29.8 Å². The molecule has 2 amide bonds. The molecular formula is C18H26N2O2. The average Bonchev–Trinajstić information content (AvgIpc) is 2.49. The summed E-state index contributed by atoms with van der Waals surface area (Å²) in [5.74, 6) is 0.403. The Morgan fingerprint density at radius 1 is 1.27 bits per heavy atom. The first-order valence-electron chi connectivity index (χ1n) is 8.17. The van der Waals surface area contributed by atoms with E-state index in [2.05, 4.69) is 19.2 Å². The van der Waals surface area contributed by atoms with Gasteiger partial charge in [-0.2, -0.15) is 0 Å². The number of amides is 2. The molecule has 1 fully saturated rings. The van der Waals surface area contributed by atoms with Crippen LogP contribution in [0.2, 0.25) is 0 Å². The molecule has 0 saturated carbocycles. The first-order valence-corrected chi connectivity index (χ1v) is 8.17. The molecule has 1 aliphatic rings. The summed E-state index contributed by atoms with van der Waals surface area (Å²) in [6.45, 7) is 7.79. The van der Waals surface area contributed by atoms with Crippen molar-refractivity contribution >= 4 is 17.5 Å².